The van der Waals surface area contributed by atoms with Crippen molar-refractivity contribution >= 4 is 11.9 Å². The quantitative estimate of drug-likeness (QED) is 0.499. The normalized spacial score (nSPS) is 16.2. The number of halogens is 1. The first kappa shape index (κ1) is 27.1. The topological polar surface area (TPSA) is 67.9 Å². The van der Waals surface area contributed by atoms with Gasteiger partial charge in [-0.3, -0.25) is 0 Å². The Balaban J connectivity index is 1.81. The van der Waals surface area contributed by atoms with E-state index >= 15 is 0 Å². The summed E-state index contributed by atoms with van der Waals surface area (Å²) in [5, 5.41) is 3.08. The minimum Gasteiger partial charge on any atom is -0.466 e. The van der Waals surface area contributed by atoms with Crippen molar-refractivity contribution in [1.82, 2.24) is 10.2 Å². The lowest BCUT2D eigenvalue weighted by atomic mass is 9.80. The molecule has 1 aliphatic heterocycles. The van der Waals surface area contributed by atoms with E-state index in [4.69, 9.17) is 9.47 Å². The Morgan fingerprint density at radius 3 is 2.17 bits per heavy atom. The van der Waals surface area contributed by atoms with Crippen LogP contribution < -0.4 is 5.32 Å². The van der Waals surface area contributed by atoms with E-state index in [1.165, 1.54) is 18.7 Å². The number of hydrogen-bond donors (Lipinski definition) is 1. The van der Waals surface area contributed by atoms with Gasteiger partial charge in [0.2, 0.25) is 0 Å². The first-order valence-corrected chi connectivity index (χ1v) is 11.9. The highest BCUT2D eigenvalue weighted by atomic mass is 19.1. The molecule has 1 atom stereocenters. The van der Waals surface area contributed by atoms with Crippen LogP contribution in [0.3, 0.4) is 0 Å². The summed E-state index contributed by atoms with van der Waals surface area (Å²) in [5.74, 6) is -2.69. The monoisotopic (exact) mass is 494 g/mol. The fraction of sp³-hybridized carbons (Fsp3) is 0.379. The molecule has 7 heteroatoms. The number of allylic oxidation sites excluding steroid dienone is 2. The average molecular weight is 495 g/mol. The van der Waals surface area contributed by atoms with Gasteiger partial charge in [-0.25, -0.2) is 14.0 Å². The van der Waals surface area contributed by atoms with Crippen LogP contribution in [0.5, 0.6) is 0 Å². The predicted octanol–water partition coefficient (Wildman–Crippen LogP) is 4.93. The molecule has 2 aromatic rings. The lowest BCUT2D eigenvalue weighted by Crippen LogP contribution is -2.37. The molecule has 0 radical (unpaired) electrons. The SMILES string of the molecule is COC(=O)C1=C(C)NC(C)=C(C(=O)OCC(C)(C)CN(C)Cc2ccccc2)C1c1ccccc1F. The largest absolute Gasteiger partial charge is 0.466 e. The second kappa shape index (κ2) is 11.5. The Morgan fingerprint density at radius 1 is 0.972 bits per heavy atom. The molecule has 192 valence electrons. The third-order valence-electron chi connectivity index (χ3n) is 6.19. The van der Waals surface area contributed by atoms with Gasteiger partial charge in [0.25, 0.3) is 0 Å². The van der Waals surface area contributed by atoms with Crippen molar-refractivity contribution in [2.24, 2.45) is 5.41 Å². The highest BCUT2D eigenvalue weighted by Crippen LogP contribution is 2.40. The molecule has 6 nitrogen and oxygen atoms in total. The minimum atomic E-state index is -0.948. The standard InChI is InChI=1S/C29H35FN2O4/c1-19-24(27(33)35-6)26(22-14-10-11-15-23(22)30)25(20(2)31-19)28(34)36-18-29(3,4)17-32(5)16-21-12-8-7-9-13-21/h7-15,26,31H,16-18H2,1-6H3. The first-order chi connectivity index (χ1) is 17.0. The Kier molecular flexibility index (Phi) is 8.69. The number of nitrogens with zero attached hydrogens (tertiary/aromatic N) is 1. The fourth-order valence-electron chi connectivity index (χ4n) is 4.73. The van der Waals surface area contributed by atoms with Crippen molar-refractivity contribution in [3.8, 4) is 0 Å². The van der Waals surface area contributed by atoms with E-state index in [1.54, 1.807) is 32.0 Å². The molecule has 1 N–H and O–H groups in total. The molecular weight excluding hydrogens is 459 g/mol. The van der Waals surface area contributed by atoms with E-state index in [-0.39, 0.29) is 28.7 Å². The van der Waals surface area contributed by atoms with Crippen molar-refractivity contribution in [1.29, 1.82) is 0 Å². The molecule has 0 aliphatic carbocycles. The third-order valence-corrected chi connectivity index (χ3v) is 6.19. The molecule has 36 heavy (non-hydrogen) atoms. The van der Waals surface area contributed by atoms with Crippen molar-refractivity contribution in [3.05, 3.63) is 94.1 Å². The number of nitrogens with one attached hydrogen (secondary N) is 1. The van der Waals surface area contributed by atoms with E-state index in [0.717, 1.165) is 6.54 Å². The zero-order valence-corrected chi connectivity index (χ0v) is 21.9. The van der Waals surface area contributed by atoms with Gasteiger partial charge in [0.1, 0.15) is 5.82 Å². The molecule has 0 saturated carbocycles. The van der Waals surface area contributed by atoms with E-state index in [0.29, 0.717) is 17.9 Å². The lowest BCUT2D eigenvalue weighted by molar-refractivity contribution is -0.142. The van der Waals surface area contributed by atoms with Crippen LogP contribution in [-0.2, 0) is 25.6 Å². The van der Waals surface area contributed by atoms with Gasteiger partial charge in [0.05, 0.1) is 30.8 Å². The Morgan fingerprint density at radius 2 is 1.56 bits per heavy atom. The van der Waals surface area contributed by atoms with Crippen molar-refractivity contribution < 1.29 is 23.5 Å². The van der Waals surface area contributed by atoms with E-state index in [2.05, 4.69) is 22.3 Å². The van der Waals surface area contributed by atoms with Gasteiger partial charge in [-0.1, -0.05) is 62.4 Å². The maximum atomic E-state index is 14.9. The molecular formula is C29H35FN2O4. The molecule has 2 aromatic carbocycles. The molecule has 0 amide bonds. The number of benzene rings is 2. The molecule has 0 aromatic heterocycles. The van der Waals surface area contributed by atoms with Crippen LogP contribution >= 0.6 is 0 Å². The van der Waals surface area contributed by atoms with Crippen LogP contribution in [0.2, 0.25) is 0 Å². The maximum Gasteiger partial charge on any atom is 0.336 e. The van der Waals surface area contributed by atoms with Crippen LogP contribution in [0.15, 0.2) is 77.1 Å². The fourth-order valence-corrected chi connectivity index (χ4v) is 4.73. The van der Waals surface area contributed by atoms with Gasteiger partial charge in [-0.2, -0.15) is 0 Å². The molecule has 0 fully saturated rings. The predicted molar refractivity (Wildman–Crippen MR) is 137 cm³/mol. The van der Waals surface area contributed by atoms with Crippen LogP contribution in [-0.4, -0.2) is 44.1 Å². The number of hydrogen-bond acceptors (Lipinski definition) is 6. The van der Waals surface area contributed by atoms with Crippen LogP contribution in [0.25, 0.3) is 0 Å². The Bertz CT molecular complexity index is 1170. The highest BCUT2D eigenvalue weighted by molar-refractivity contribution is 5.99. The number of carbonyl (C=O) groups is 2. The Labute approximate surface area is 212 Å². The smallest absolute Gasteiger partial charge is 0.336 e. The summed E-state index contributed by atoms with van der Waals surface area (Å²) >= 11 is 0. The van der Waals surface area contributed by atoms with Gasteiger partial charge in [0.15, 0.2) is 0 Å². The summed E-state index contributed by atoms with van der Waals surface area (Å²) < 4.78 is 25.7. The van der Waals surface area contributed by atoms with Crippen LogP contribution in [0.1, 0.15) is 44.7 Å². The van der Waals surface area contributed by atoms with E-state index < -0.39 is 23.7 Å². The number of carbonyl (C=O) groups excluding carboxylic acids is 2. The van der Waals surface area contributed by atoms with Crippen LogP contribution in [0.4, 0.5) is 4.39 Å². The van der Waals surface area contributed by atoms with Crippen molar-refractivity contribution in [3.63, 3.8) is 0 Å². The maximum absolute atomic E-state index is 14.9. The molecule has 0 saturated heterocycles. The third kappa shape index (κ3) is 6.40. The first-order valence-electron chi connectivity index (χ1n) is 11.9. The number of ether oxygens (including phenoxy) is 2. The summed E-state index contributed by atoms with van der Waals surface area (Å²) in [6.07, 6.45) is 0. The highest BCUT2D eigenvalue weighted by Gasteiger charge is 2.39. The zero-order chi connectivity index (χ0) is 26.5. The summed E-state index contributed by atoms with van der Waals surface area (Å²) in [4.78, 5) is 28.4. The summed E-state index contributed by atoms with van der Waals surface area (Å²) in [7, 11) is 3.29. The molecule has 1 aliphatic rings. The van der Waals surface area contributed by atoms with Gasteiger partial charge < -0.3 is 19.7 Å². The van der Waals surface area contributed by atoms with Crippen LogP contribution in [0, 0.1) is 11.2 Å². The molecule has 0 spiro atoms. The van der Waals surface area contributed by atoms with Gasteiger partial charge >= 0.3 is 11.9 Å². The number of dihydropyridines is 1. The summed E-state index contributed by atoms with van der Waals surface area (Å²) in [6, 6.07) is 16.3. The minimum absolute atomic E-state index is 0.155. The van der Waals surface area contributed by atoms with Gasteiger partial charge in [-0.15, -0.1) is 0 Å². The zero-order valence-electron chi connectivity index (χ0n) is 21.9. The van der Waals surface area contributed by atoms with E-state index in [9.17, 15) is 14.0 Å². The van der Waals surface area contributed by atoms with Gasteiger partial charge in [-0.05, 0) is 32.5 Å². The second-order valence-corrected chi connectivity index (χ2v) is 10.0. The molecule has 3 rings (SSSR count). The average Bonchev–Trinajstić information content (AvgIpc) is 2.82. The molecule has 1 unspecified atom stereocenters. The number of rotatable bonds is 9. The molecule has 1 heterocycles. The number of methoxy groups -OCH3 is 1. The second-order valence-electron chi connectivity index (χ2n) is 10.0. The Hall–Kier alpha value is -3.45. The number of esters is 2. The summed E-state index contributed by atoms with van der Waals surface area (Å²) in [5.41, 5.74) is 2.46. The lowest BCUT2D eigenvalue weighted by Gasteiger charge is -2.32. The van der Waals surface area contributed by atoms with Gasteiger partial charge in [0, 0.05) is 35.5 Å². The summed E-state index contributed by atoms with van der Waals surface area (Å²) in [6.45, 7) is 9.10. The molecule has 0 bridgehead atoms. The van der Waals surface area contributed by atoms with E-state index in [1.807, 2.05) is 39.1 Å². The van der Waals surface area contributed by atoms with Crippen molar-refractivity contribution in [2.45, 2.75) is 40.2 Å². The van der Waals surface area contributed by atoms with Crippen molar-refractivity contribution in [2.75, 3.05) is 27.3 Å².